The molecule has 0 amide bonds. The fourth-order valence-electron chi connectivity index (χ4n) is 0.473. The molecule has 0 spiro atoms. The SMILES string of the molecule is Cc1cn[nH]c(=O)c1Cl. The van der Waals surface area contributed by atoms with Crippen LogP contribution in [0.25, 0.3) is 0 Å². The summed E-state index contributed by atoms with van der Waals surface area (Å²) in [7, 11) is 0. The van der Waals surface area contributed by atoms with E-state index in [1.165, 1.54) is 6.20 Å². The Bertz CT molecular complexity index is 268. The summed E-state index contributed by atoms with van der Waals surface area (Å²) in [5, 5.41) is 5.94. The van der Waals surface area contributed by atoms with Crippen LogP contribution in [0.4, 0.5) is 0 Å². The molecule has 3 nitrogen and oxygen atoms in total. The van der Waals surface area contributed by atoms with Gasteiger partial charge in [0, 0.05) is 0 Å². The Morgan fingerprint density at radius 1 is 1.78 bits per heavy atom. The van der Waals surface area contributed by atoms with E-state index in [0.717, 1.165) is 0 Å². The molecule has 1 heterocycles. The summed E-state index contributed by atoms with van der Waals surface area (Å²) >= 11 is 5.49. The molecule has 0 aromatic carbocycles. The molecule has 1 rings (SSSR count). The molecule has 9 heavy (non-hydrogen) atoms. The third-order valence-corrected chi connectivity index (χ3v) is 1.44. The molecule has 0 unspecified atom stereocenters. The summed E-state index contributed by atoms with van der Waals surface area (Å²) in [6.45, 7) is 1.73. The zero-order valence-corrected chi connectivity index (χ0v) is 5.57. The summed E-state index contributed by atoms with van der Waals surface area (Å²) in [4.78, 5) is 10.6. The van der Waals surface area contributed by atoms with Crippen molar-refractivity contribution in [1.82, 2.24) is 10.2 Å². The minimum absolute atomic E-state index is 0.213. The largest absolute Gasteiger partial charge is 0.283 e. The van der Waals surface area contributed by atoms with E-state index in [-0.39, 0.29) is 10.6 Å². The van der Waals surface area contributed by atoms with E-state index in [1.807, 2.05) is 0 Å². The number of hydrogen-bond acceptors (Lipinski definition) is 2. The van der Waals surface area contributed by atoms with Crippen LogP contribution in [0.5, 0.6) is 0 Å². The highest BCUT2D eigenvalue weighted by Crippen LogP contribution is 2.03. The van der Waals surface area contributed by atoms with Crippen LogP contribution in [0.3, 0.4) is 0 Å². The number of halogens is 1. The fourth-order valence-corrected chi connectivity index (χ4v) is 0.564. The maximum atomic E-state index is 10.6. The van der Waals surface area contributed by atoms with Crippen LogP contribution in [0.2, 0.25) is 5.02 Å². The van der Waals surface area contributed by atoms with Crippen LogP contribution >= 0.6 is 11.6 Å². The van der Waals surface area contributed by atoms with Crippen molar-refractivity contribution in [3.05, 3.63) is 27.1 Å². The van der Waals surface area contributed by atoms with Gasteiger partial charge in [0.2, 0.25) is 0 Å². The number of aromatic nitrogens is 2. The van der Waals surface area contributed by atoms with Crippen LogP contribution in [0.1, 0.15) is 5.56 Å². The standard InChI is InChI=1S/C5H5ClN2O/c1-3-2-7-8-5(9)4(3)6/h2H,1H3,(H,8,9). The van der Waals surface area contributed by atoms with Crippen LogP contribution in [-0.4, -0.2) is 10.2 Å². The van der Waals surface area contributed by atoms with E-state index < -0.39 is 0 Å². The van der Waals surface area contributed by atoms with E-state index in [9.17, 15) is 4.79 Å². The molecule has 0 atom stereocenters. The molecule has 0 radical (unpaired) electrons. The number of hydrogen-bond donors (Lipinski definition) is 1. The van der Waals surface area contributed by atoms with Gasteiger partial charge in [-0.05, 0) is 12.5 Å². The lowest BCUT2D eigenvalue weighted by molar-refractivity contribution is 0.974. The van der Waals surface area contributed by atoms with Gasteiger partial charge in [-0.25, -0.2) is 5.10 Å². The molecular formula is C5H5ClN2O. The molecule has 0 bridgehead atoms. The molecule has 0 saturated carbocycles. The van der Waals surface area contributed by atoms with Crippen molar-refractivity contribution in [3.8, 4) is 0 Å². The van der Waals surface area contributed by atoms with Gasteiger partial charge in [-0.2, -0.15) is 5.10 Å². The second kappa shape index (κ2) is 2.19. The summed E-state index contributed by atoms with van der Waals surface area (Å²) in [5.41, 5.74) is 0.358. The highest BCUT2D eigenvalue weighted by atomic mass is 35.5. The lowest BCUT2D eigenvalue weighted by Gasteiger charge is -1.89. The predicted octanol–water partition coefficient (Wildman–Crippen LogP) is 0.732. The van der Waals surface area contributed by atoms with Gasteiger partial charge in [0.15, 0.2) is 0 Å². The van der Waals surface area contributed by atoms with Crippen LogP contribution in [0.15, 0.2) is 11.0 Å². The summed E-state index contributed by atoms with van der Waals surface area (Å²) < 4.78 is 0. The van der Waals surface area contributed by atoms with Gasteiger partial charge in [0.1, 0.15) is 5.02 Å². The maximum Gasteiger partial charge on any atom is 0.283 e. The molecule has 48 valence electrons. The topological polar surface area (TPSA) is 45.8 Å². The van der Waals surface area contributed by atoms with E-state index in [0.29, 0.717) is 5.56 Å². The van der Waals surface area contributed by atoms with Crippen molar-refractivity contribution >= 4 is 11.6 Å². The second-order valence-corrected chi connectivity index (χ2v) is 2.07. The first-order chi connectivity index (χ1) is 4.22. The minimum Gasteiger partial charge on any atom is -0.266 e. The Morgan fingerprint density at radius 3 is 2.89 bits per heavy atom. The minimum atomic E-state index is -0.336. The predicted molar refractivity (Wildman–Crippen MR) is 34.6 cm³/mol. The van der Waals surface area contributed by atoms with E-state index in [1.54, 1.807) is 6.92 Å². The number of H-pyrrole nitrogens is 1. The Hall–Kier alpha value is -0.830. The number of nitrogens with zero attached hydrogens (tertiary/aromatic N) is 1. The van der Waals surface area contributed by atoms with E-state index in [2.05, 4.69) is 10.2 Å². The Morgan fingerprint density at radius 2 is 2.44 bits per heavy atom. The number of aryl methyl sites for hydroxylation is 1. The number of rotatable bonds is 0. The normalized spacial score (nSPS) is 9.56. The van der Waals surface area contributed by atoms with Gasteiger partial charge in [-0.3, -0.25) is 4.79 Å². The molecule has 0 aliphatic rings. The van der Waals surface area contributed by atoms with Crippen molar-refractivity contribution in [2.75, 3.05) is 0 Å². The van der Waals surface area contributed by atoms with Gasteiger partial charge in [-0.15, -0.1) is 0 Å². The molecular weight excluding hydrogens is 140 g/mol. The first-order valence-corrected chi connectivity index (χ1v) is 2.79. The zero-order valence-electron chi connectivity index (χ0n) is 4.81. The van der Waals surface area contributed by atoms with Crippen molar-refractivity contribution in [2.24, 2.45) is 0 Å². The molecule has 1 aromatic rings. The van der Waals surface area contributed by atoms with Gasteiger partial charge in [-0.1, -0.05) is 11.6 Å². The summed E-state index contributed by atoms with van der Waals surface area (Å²) in [6.07, 6.45) is 1.50. The smallest absolute Gasteiger partial charge is 0.266 e. The summed E-state index contributed by atoms with van der Waals surface area (Å²) in [5.74, 6) is 0. The van der Waals surface area contributed by atoms with Crippen molar-refractivity contribution in [3.63, 3.8) is 0 Å². The second-order valence-electron chi connectivity index (χ2n) is 1.70. The van der Waals surface area contributed by atoms with Crippen molar-refractivity contribution in [2.45, 2.75) is 6.92 Å². The van der Waals surface area contributed by atoms with Crippen LogP contribution < -0.4 is 5.56 Å². The zero-order chi connectivity index (χ0) is 6.85. The third-order valence-electron chi connectivity index (χ3n) is 0.970. The first kappa shape index (κ1) is 6.29. The molecule has 0 aliphatic heterocycles. The highest BCUT2D eigenvalue weighted by molar-refractivity contribution is 6.31. The Labute approximate surface area is 56.7 Å². The van der Waals surface area contributed by atoms with Gasteiger partial charge >= 0.3 is 0 Å². The molecule has 0 fully saturated rings. The van der Waals surface area contributed by atoms with E-state index >= 15 is 0 Å². The van der Waals surface area contributed by atoms with Crippen molar-refractivity contribution in [1.29, 1.82) is 0 Å². The van der Waals surface area contributed by atoms with E-state index in [4.69, 9.17) is 11.6 Å². The quantitative estimate of drug-likeness (QED) is 0.584. The molecule has 4 heteroatoms. The fraction of sp³-hybridized carbons (Fsp3) is 0.200. The molecule has 1 N–H and O–H groups in total. The van der Waals surface area contributed by atoms with Gasteiger partial charge < -0.3 is 0 Å². The number of nitrogens with one attached hydrogen (secondary N) is 1. The van der Waals surface area contributed by atoms with Crippen LogP contribution in [-0.2, 0) is 0 Å². The molecule has 0 aliphatic carbocycles. The monoisotopic (exact) mass is 144 g/mol. The van der Waals surface area contributed by atoms with Crippen LogP contribution in [0, 0.1) is 6.92 Å². The highest BCUT2D eigenvalue weighted by Gasteiger charge is 1.96. The average Bonchev–Trinajstić information content (AvgIpc) is 1.83. The lowest BCUT2D eigenvalue weighted by atomic mass is 10.4. The Balaban J connectivity index is 3.43. The Kier molecular flexibility index (Phi) is 1.53. The van der Waals surface area contributed by atoms with Gasteiger partial charge in [0.05, 0.1) is 6.20 Å². The van der Waals surface area contributed by atoms with Crippen molar-refractivity contribution < 1.29 is 0 Å². The number of aromatic amines is 1. The lowest BCUT2D eigenvalue weighted by Crippen LogP contribution is -2.08. The average molecular weight is 145 g/mol. The third kappa shape index (κ3) is 1.10. The molecule has 0 saturated heterocycles. The van der Waals surface area contributed by atoms with Gasteiger partial charge in [0.25, 0.3) is 5.56 Å². The first-order valence-electron chi connectivity index (χ1n) is 2.41. The maximum absolute atomic E-state index is 10.6. The summed E-state index contributed by atoms with van der Waals surface area (Å²) in [6, 6.07) is 0. The molecule has 1 aromatic heterocycles.